The third-order valence-corrected chi connectivity index (χ3v) is 6.09. The number of halogens is 4. The molecule has 1 aromatic heterocycles. The van der Waals surface area contributed by atoms with Crippen molar-refractivity contribution in [3.8, 4) is 11.1 Å². The number of rotatable bonds is 8. The van der Waals surface area contributed by atoms with Crippen LogP contribution in [0.5, 0.6) is 0 Å². The Balaban J connectivity index is 2.05. The molecule has 34 heavy (non-hydrogen) atoms. The smallest absolute Gasteiger partial charge is 0.333 e. The fourth-order valence-corrected chi connectivity index (χ4v) is 4.24. The summed E-state index contributed by atoms with van der Waals surface area (Å²) >= 11 is 6.05. The van der Waals surface area contributed by atoms with Crippen LogP contribution in [0.4, 0.5) is 18.9 Å². The largest absolute Gasteiger partial charge is 0.368 e. The van der Waals surface area contributed by atoms with E-state index < -0.39 is 38.9 Å². The molecule has 0 fully saturated rings. The third-order valence-electron chi connectivity index (χ3n) is 4.46. The molecule has 0 radical (unpaired) electrons. The number of alkyl halides is 2. The second kappa shape index (κ2) is 10.3. The average molecular weight is 514 g/mol. The van der Waals surface area contributed by atoms with Crippen molar-refractivity contribution in [2.75, 3.05) is 19.4 Å². The molecule has 180 valence electrons. The Morgan fingerprint density at radius 1 is 1.29 bits per heavy atom. The van der Waals surface area contributed by atoms with Crippen molar-refractivity contribution in [1.82, 2.24) is 14.7 Å². The first-order valence-corrected chi connectivity index (χ1v) is 11.5. The maximum Gasteiger partial charge on any atom is 0.333 e. The van der Waals surface area contributed by atoms with Crippen LogP contribution in [-0.4, -0.2) is 49.4 Å². The average Bonchev–Trinajstić information content (AvgIpc) is 3.26. The molecular formula is C21H19ClF3N5O3S. The zero-order valence-electron chi connectivity index (χ0n) is 17.9. The molecule has 0 saturated carbocycles. The van der Waals surface area contributed by atoms with Gasteiger partial charge in [0.05, 0.1) is 23.2 Å². The highest BCUT2D eigenvalue weighted by Gasteiger charge is 2.24. The summed E-state index contributed by atoms with van der Waals surface area (Å²) in [4.78, 5) is 13.3. The molecule has 1 N–H and O–H groups in total. The van der Waals surface area contributed by atoms with E-state index in [2.05, 4.69) is 14.8 Å². The number of amides is 1. The van der Waals surface area contributed by atoms with Crippen LogP contribution in [0.2, 0.25) is 5.02 Å². The van der Waals surface area contributed by atoms with Gasteiger partial charge < -0.3 is 10.2 Å². The van der Waals surface area contributed by atoms with Crippen LogP contribution < -0.4 is 5.32 Å². The van der Waals surface area contributed by atoms with Crippen molar-refractivity contribution in [2.24, 2.45) is 4.40 Å². The summed E-state index contributed by atoms with van der Waals surface area (Å²) in [7, 11) is -1.34. The number of nitrogens with zero attached hydrogens (tertiary/aromatic N) is 4. The minimum Gasteiger partial charge on any atom is -0.368 e. The van der Waals surface area contributed by atoms with Crippen LogP contribution in [0, 0.1) is 5.82 Å². The van der Waals surface area contributed by atoms with E-state index in [1.807, 2.05) is 0 Å². The van der Waals surface area contributed by atoms with Crippen molar-refractivity contribution in [3.63, 3.8) is 0 Å². The molecule has 13 heteroatoms. The van der Waals surface area contributed by atoms with Gasteiger partial charge in [-0.1, -0.05) is 29.8 Å². The number of carbonyl (C=O) groups excluding carboxylic acids is 1. The number of hydrogen-bond donors (Lipinski definition) is 1. The summed E-state index contributed by atoms with van der Waals surface area (Å²) < 4.78 is 70.5. The Kier molecular flexibility index (Phi) is 7.62. The Hall–Kier alpha value is -3.38. The zero-order chi connectivity index (χ0) is 25.0. The lowest BCUT2D eigenvalue weighted by molar-refractivity contribution is -0.115. The van der Waals surface area contributed by atoms with Gasteiger partial charge in [0, 0.05) is 36.4 Å². The monoisotopic (exact) mass is 513 g/mol. The number of nitrogens with one attached hydrogen (secondary N) is 1. The van der Waals surface area contributed by atoms with Gasteiger partial charge in [-0.15, -0.1) is 4.40 Å². The van der Waals surface area contributed by atoms with Crippen LogP contribution in [0.15, 0.2) is 58.1 Å². The van der Waals surface area contributed by atoms with Crippen LogP contribution in [0.3, 0.4) is 0 Å². The number of carbonyl (C=O) groups is 1. The summed E-state index contributed by atoms with van der Waals surface area (Å²) in [6.07, 6.45) is 2.68. The van der Waals surface area contributed by atoms with E-state index in [4.69, 9.17) is 11.6 Å². The number of sulfonamides is 1. The van der Waals surface area contributed by atoms with Gasteiger partial charge >= 0.3 is 6.55 Å². The minimum atomic E-state index is -4.42. The lowest BCUT2D eigenvalue weighted by Crippen LogP contribution is -2.16. The lowest BCUT2D eigenvalue weighted by Gasteiger charge is -2.13. The summed E-state index contributed by atoms with van der Waals surface area (Å²) in [5, 5.41) is 6.13. The molecule has 0 aliphatic heterocycles. The number of aromatic nitrogens is 2. The van der Waals surface area contributed by atoms with E-state index in [1.165, 1.54) is 19.0 Å². The number of benzene rings is 2. The summed E-state index contributed by atoms with van der Waals surface area (Å²) in [6.45, 7) is -2.98. The van der Waals surface area contributed by atoms with Gasteiger partial charge in [0.25, 0.3) is 10.0 Å². The molecule has 3 aromatic rings. The standard InChI is InChI=1S/C21H19ClF3N5O3S/c1-29(2)12-27-34(32,33)19-9-18(28-20(31)7-13-5-3-4-6-16(13)22)17(23)8-15(19)14-10-26-30(11-14)21(24)25/h3-6,8-12,21H,7H2,1-2H3,(H,28,31). The topological polar surface area (TPSA) is 96.7 Å². The fourth-order valence-electron chi connectivity index (χ4n) is 2.89. The van der Waals surface area contributed by atoms with Gasteiger partial charge in [0.1, 0.15) is 12.2 Å². The molecule has 8 nitrogen and oxygen atoms in total. The fraction of sp³-hybridized carbons (Fsp3) is 0.190. The molecule has 0 bridgehead atoms. The second-order valence-electron chi connectivity index (χ2n) is 7.29. The van der Waals surface area contributed by atoms with Crippen LogP contribution >= 0.6 is 11.6 Å². The van der Waals surface area contributed by atoms with Gasteiger partial charge in [-0.2, -0.15) is 22.3 Å². The van der Waals surface area contributed by atoms with Crippen molar-refractivity contribution in [2.45, 2.75) is 17.9 Å². The second-order valence-corrected chi connectivity index (χ2v) is 9.30. The highest BCUT2D eigenvalue weighted by Crippen LogP contribution is 2.33. The van der Waals surface area contributed by atoms with E-state index in [0.717, 1.165) is 30.9 Å². The highest BCUT2D eigenvalue weighted by molar-refractivity contribution is 7.90. The Bertz CT molecular complexity index is 1340. The van der Waals surface area contributed by atoms with E-state index >= 15 is 0 Å². The van der Waals surface area contributed by atoms with Gasteiger partial charge in [-0.3, -0.25) is 4.79 Å². The molecular weight excluding hydrogens is 495 g/mol. The molecule has 0 spiro atoms. The van der Waals surface area contributed by atoms with Gasteiger partial charge in [-0.25, -0.2) is 9.07 Å². The van der Waals surface area contributed by atoms with Crippen molar-refractivity contribution in [3.05, 3.63) is 65.2 Å². The molecule has 0 aliphatic carbocycles. The molecule has 2 aromatic carbocycles. The number of anilines is 1. The SMILES string of the molecule is CN(C)C=NS(=O)(=O)c1cc(NC(=O)Cc2ccccc2Cl)c(F)cc1-c1cnn(C(F)F)c1. The minimum absolute atomic E-state index is 0.0771. The Labute approximate surface area is 198 Å². The first kappa shape index (κ1) is 25.2. The van der Waals surface area contributed by atoms with E-state index in [0.29, 0.717) is 15.3 Å². The van der Waals surface area contributed by atoms with E-state index in [-0.39, 0.29) is 17.5 Å². The summed E-state index contributed by atoms with van der Waals surface area (Å²) in [5.74, 6) is -1.63. The van der Waals surface area contributed by atoms with Crippen molar-refractivity contribution < 1.29 is 26.4 Å². The Morgan fingerprint density at radius 3 is 2.62 bits per heavy atom. The van der Waals surface area contributed by atoms with Crippen LogP contribution in [0.25, 0.3) is 11.1 Å². The quantitative estimate of drug-likeness (QED) is 0.360. The van der Waals surface area contributed by atoms with Crippen LogP contribution in [-0.2, 0) is 21.2 Å². The Morgan fingerprint density at radius 2 is 2.00 bits per heavy atom. The normalized spacial score (nSPS) is 11.9. The van der Waals surface area contributed by atoms with Crippen LogP contribution in [0.1, 0.15) is 12.1 Å². The lowest BCUT2D eigenvalue weighted by atomic mass is 10.1. The molecule has 3 rings (SSSR count). The molecule has 0 unspecified atom stereocenters. The maximum atomic E-state index is 14.9. The maximum absolute atomic E-state index is 14.9. The number of hydrogen-bond acceptors (Lipinski definition) is 4. The zero-order valence-corrected chi connectivity index (χ0v) is 19.5. The van der Waals surface area contributed by atoms with E-state index in [9.17, 15) is 26.4 Å². The summed E-state index contributed by atoms with van der Waals surface area (Å²) in [5.41, 5.74) is -0.265. The first-order valence-electron chi connectivity index (χ1n) is 9.64. The van der Waals surface area contributed by atoms with Gasteiger partial charge in [-0.05, 0) is 23.8 Å². The third kappa shape index (κ3) is 5.94. The van der Waals surface area contributed by atoms with Gasteiger partial charge in [0.2, 0.25) is 5.91 Å². The van der Waals surface area contributed by atoms with Crippen molar-refractivity contribution >= 4 is 39.6 Å². The molecule has 1 amide bonds. The molecule has 0 saturated heterocycles. The summed E-state index contributed by atoms with van der Waals surface area (Å²) in [6, 6.07) is 8.27. The van der Waals surface area contributed by atoms with Crippen molar-refractivity contribution in [1.29, 1.82) is 0 Å². The highest BCUT2D eigenvalue weighted by atomic mass is 35.5. The van der Waals surface area contributed by atoms with Gasteiger partial charge in [0.15, 0.2) is 0 Å². The molecule has 0 atom stereocenters. The predicted molar refractivity (Wildman–Crippen MR) is 122 cm³/mol. The predicted octanol–water partition coefficient (Wildman–Crippen LogP) is 4.20. The van der Waals surface area contributed by atoms with E-state index in [1.54, 1.807) is 24.3 Å². The first-order chi connectivity index (χ1) is 16.0. The molecule has 1 heterocycles. The molecule has 0 aliphatic rings.